The predicted molar refractivity (Wildman–Crippen MR) is 70.0 cm³/mol. The number of carbonyl (C=O) groups excluding carboxylic acids is 1. The molecule has 0 saturated heterocycles. The van der Waals surface area contributed by atoms with Crippen LogP contribution >= 0.6 is 0 Å². The Balaban J connectivity index is 2.39. The maximum Gasteiger partial charge on any atom is 0.251 e. The standard InChI is InChI=1S/C15H15NO/c1-11-6-8-12(9-7-11)13-4-3-5-14(10-13)15(17)16-2/h3-10H,1-2H3,(H,16,17). The topological polar surface area (TPSA) is 29.1 Å². The highest BCUT2D eigenvalue weighted by Gasteiger charge is 2.04. The molecule has 1 N–H and O–H groups in total. The molecule has 0 spiro atoms. The average molecular weight is 225 g/mol. The Hall–Kier alpha value is -2.09. The summed E-state index contributed by atoms with van der Waals surface area (Å²) < 4.78 is 0. The Morgan fingerprint density at radius 2 is 1.71 bits per heavy atom. The first-order valence-corrected chi connectivity index (χ1v) is 5.60. The lowest BCUT2D eigenvalue weighted by Crippen LogP contribution is -2.17. The van der Waals surface area contributed by atoms with Crippen molar-refractivity contribution in [2.45, 2.75) is 6.92 Å². The normalized spacial score (nSPS) is 10.0. The fourth-order valence-electron chi connectivity index (χ4n) is 1.73. The van der Waals surface area contributed by atoms with E-state index in [2.05, 4.69) is 36.5 Å². The number of hydrogen-bond acceptors (Lipinski definition) is 1. The molecule has 0 unspecified atom stereocenters. The number of amides is 1. The van der Waals surface area contributed by atoms with Gasteiger partial charge < -0.3 is 5.32 Å². The minimum Gasteiger partial charge on any atom is -0.355 e. The third kappa shape index (κ3) is 2.53. The number of rotatable bonds is 2. The van der Waals surface area contributed by atoms with E-state index in [-0.39, 0.29) is 5.91 Å². The van der Waals surface area contributed by atoms with Crippen molar-refractivity contribution in [1.82, 2.24) is 5.32 Å². The van der Waals surface area contributed by atoms with Crippen LogP contribution in [0.25, 0.3) is 11.1 Å². The van der Waals surface area contributed by atoms with Gasteiger partial charge in [0.25, 0.3) is 5.91 Å². The molecule has 2 heteroatoms. The van der Waals surface area contributed by atoms with Crippen LogP contribution in [-0.2, 0) is 0 Å². The summed E-state index contributed by atoms with van der Waals surface area (Å²) in [5, 5.41) is 2.63. The predicted octanol–water partition coefficient (Wildman–Crippen LogP) is 3.02. The van der Waals surface area contributed by atoms with Gasteiger partial charge in [0.05, 0.1) is 0 Å². The Bertz CT molecular complexity index is 529. The van der Waals surface area contributed by atoms with E-state index in [0.29, 0.717) is 5.56 Å². The molecule has 86 valence electrons. The van der Waals surface area contributed by atoms with Crippen LogP contribution in [0.15, 0.2) is 48.5 Å². The van der Waals surface area contributed by atoms with E-state index in [1.54, 1.807) is 7.05 Å². The number of carbonyl (C=O) groups is 1. The summed E-state index contributed by atoms with van der Waals surface area (Å²) in [7, 11) is 1.64. The van der Waals surface area contributed by atoms with Gasteiger partial charge in [0.15, 0.2) is 0 Å². The highest BCUT2D eigenvalue weighted by Crippen LogP contribution is 2.20. The van der Waals surface area contributed by atoms with Crippen LogP contribution in [0.5, 0.6) is 0 Å². The number of hydrogen-bond donors (Lipinski definition) is 1. The van der Waals surface area contributed by atoms with E-state index >= 15 is 0 Å². The maximum atomic E-state index is 11.5. The second-order valence-corrected chi connectivity index (χ2v) is 4.03. The zero-order valence-corrected chi connectivity index (χ0v) is 10.0. The molecule has 2 rings (SSSR count). The highest BCUT2D eigenvalue weighted by molar-refractivity contribution is 5.95. The van der Waals surface area contributed by atoms with Gasteiger partial charge in [-0.05, 0) is 30.2 Å². The Morgan fingerprint density at radius 3 is 2.35 bits per heavy atom. The van der Waals surface area contributed by atoms with E-state index in [0.717, 1.165) is 11.1 Å². The van der Waals surface area contributed by atoms with Crippen LogP contribution in [0.2, 0.25) is 0 Å². The van der Waals surface area contributed by atoms with Crippen molar-refractivity contribution in [2.75, 3.05) is 7.05 Å². The van der Waals surface area contributed by atoms with E-state index in [4.69, 9.17) is 0 Å². The van der Waals surface area contributed by atoms with Crippen molar-refractivity contribution in [3.05, 3.63) is 59.7 Å². The number of benzene rings is 2. The summed E-state index contributed by atoms with van der Waals surface area (Å²) in [6, 6.07) is 15.9. The fourth-order valence-corrected chi connectivity index (χ4v) is 1.73. The van der Waals surface area contributed by atoms with Crippen LogP contribution in [0, 0.1) is 6.92 Å². The average Bonchev–Trinajstić information content (AvgIpc) is 2.39. The van der Waals surface area contributed by atoms with E-state index < -0.39 is 0 Å². The van der Waals surface area contributed by atoms with Crippen molar-refractivity contribution in [2.24, 2.45) is 0 Å². The molecule has 0 aliphatic carbocycles. The lowest BCUT2D eigenvalue weighted by molar-refractivity contribution is 0.0963. The molecular weight excluding hydrogens is 210 g/mol. The summed E-state index contributed by atoms with van der Waals surface area (Å²) in [5.41, 5.74) is 4.11. The minimum absolute atomic E-state index is 0.0565. The largest absolute Gasteiger partial charge is 0.355 e. The smallest absolute Gasteiger partial charge is 0.251 e. The van der Waals surface area contributed by atoms with Gasteiger partial charge in [-0.25, -0.2) is 0 Å². The van der Waals surface area contributed by atoms with Crippen molar-refractivity contribution in [3.8, 4) is 11.1 Å². The van der Waals surface area contributed by atoms with Crippen molar-refractivity contribution >= 4 is 5.91 Å². The molecule has 0 radical (unpaired) electrons. The van der Waals surface area contributed by atoms with Crippen molar-refractivity contribution < 1.29 is 4.79 Å². The van der Waals surface area contributed by atoms with Gasteiger partial charge in [-0.1, -0.05) is 42.0 Å². The van der Waals surface area contributed by atoms with E-state index in [1.807, 2.05) is 24.3 Å². The van der Waals surface area contributed by atoms with Gasteiger partial charge in [0, 0.05) is 12.6 Å². The van der Waals surface area contributed by atoms with E-state index in [1.165, 1.54) is 5.56 Å². The number of nitrogens with one attached hydrogen (secondary N) is 1. The molecule has 2 nitrogen and oxygen atoms in total. The Morgan fingerprint density at radius 1 is 1.00 bits per heavy atom. The van der Waals surface area contributed by atoms with Gasteiger partial charge in [-0.2, -0.15) is 0 Å². The molecule has 0 aliphatic rings. The van der Waals surface area contributed by atoms with Gasteiger partial charge in [0.2, 0.25) is 0 Å². The van der Waals surface area contributed by atoms with Crippen LogP contribution in [0.4, 0.5) is 0 Å². The van der Waals surface area contributed by atoms with Gasteiger partial charge >= 0.3 is 0 Å². The molecule has 1 amide bonds. The summed E-state index contributed by atoms with van der Waals surface area (Å²) in [6.07, 6.45) is 0. The second kappa shape index (κ2) is 4.83. The zero-order chi connectivity index (χ0) is 12.3. The van der Waals surface area contributed by atoms with Crippen LogP contribution in [0.1, 0.15) is 15.9 Å². The monoisotopic (exact) mass is 225 g/mol. The number of aryl methyl sites for hydroxylation is 1. The molecule has 0 aliphatic heterocycles. The van der Waals surface area contributed by atoms with Gasteiger partial charge in [-0.3, -0.25) is 4.79 Å². The first-order chi connectivity index (χ1) is 8.20. The summed E-state index contributed by atoms with van der Waals surface area (Å²) in [5.74, 6) is -0.0565. The third-order valence-electron chi connectivity index (χ3n) is 2.74. The first-order valence-electron chi connectivity index (χ1n) is 5.60. The minimum atomic E-state index is -0.0565. The molecule has 0 heterocycles. The zero-order valence-electron chi connectivity index (χ0n) is 10.0. The summed E-state index contributed by atoms with van der Waals surface area (Å²) >= 11 is 0. The lowest BCUT2D eigenvalue weighted by Gasteiger charge is -2.05. The van der Waals surface area contributed by atoms with Crippen LogP contribution in [-0.4, -0.2) is 13.0 Å². The maximum absolute atomic E-state index is 11.5. The molecule has 2 aromatic rings. The molecule has 2 aromatic carbocycles. The summed E-state index contributed by atoms with van der Waals surface area (Å²) in [6.45, 7) is 2.06. The van der Waals surface area contributed by atoms with Crippen LogP contribution < -0.4 is 5.32 Å². The van der Waals surface area contributed by atoms with Gasteiger partial charge in [0.1, 0.15) is 0 Å². The van der Waals surface area contributed by atoms with Crippen LogP contribution in [0.3, 0.4) is 0 Å². The second-order valence-electron chi connectivity index (χ2n) is 4.03. The van der Waals surface area contributed by atoms with Crippen molar-refractivity contribution in [3.63, 3.8) is 0 Å². The molecule has 0 saturated carbocycles. The molecule has 0 aromatic heterocycles. The Labute approximate surface area is 101 Å². The molecule has 0 atom stereocenters. The molecule has 17 heavy (non-hydrogen) atoms. The lowest BCUT2D eigenvalue weighted by atomic mass is 10.0. The highest BCUT2D eigenvalue weighted by atomic mass is 16.1. The van der Waals surface area contributed by atoms with Gasteiger partial charge in [-0.15, -0.1) is 0 Å². The quantitative estimate of drug-likeness (QED) is 0.836. The molecule has 0 fully saturated rings. The first kappa shape index (κ1) is 11.4. The molecular formula is C15H15NO. The molecule has 0 bridgehead atoms. The summed E-state index contributed by atoms with van der Waals surface area (Å²) in [4.78, 5) is 11.5. The van der Waals surface area contributed by atoms with E-state index in [9.17, 15) is 4.79 Å². The Kier molecular flexibility index (Phi) is 3.24. The van der Waals surface area contributed by atoms with Crippen molar-refractivity contribution in [1.29, 1.82) is 0 Å². The SMILES string of the molecule is CNC(=O)c1cccc(-c2ccc(C)cc2)c1. The third-order valence-corrected chi connectivity index (χ3v) is 2.74. The fraction of sp³-hybridized carbons (Fsp3) is 0.133.